The third kappa shape index (κ3) is 5.97. The average molecular weight is 463 g/mol. The van der Waals surface area contributed by atoms with Gasteiger partial charge in [-0.2, -0.15) is 4.98 Å². The molecule has 0 aromatic heterocycles. The van der Waals surface area contributed by atoms with Gasteiger partial charge in [-0.05, 0) is 67.9 Å². The molecule has 2 aliphatic rings. The van der Waals surface area contributed by atoms with Crippen LogP contribution in [-0.4, -0.2) is 33.2 Å². The Bertz CT molecular complexity index is 1300. The van der Waals surface area contributed by atoms with Gasteiger partial charge in [0.15, 0.2) is 11.5 Å². The summed E-state index contributed by atoms with van der Waals surface area (Å²) in [6, 6.07) is 14.4. The van der Waals surface area contributed by atoms with E-state index >= 15 is 0 Å². The lowest BCUT2D eigenvalue weighted by Crippen LogP contribution is -2.29. The lowest BCUT2D eigenvalue weighted by molar-refractivity contribution is 0.193. The minimum Gasteiger partial charge on any atom is -0.385 e. The van der Waals surface area contributed by atoms with E-state index in [1.165, 1.54) is 11.1 Å². The first kappa shape index (κ1) is 25.3. The van der Waals surface area contributed by atoms with Crippen molar-refractivity contribution in [2.24, 2.45) is 0 Å². The van der Waals surface area contributed by atoms with Gasteiger partial charge < -0.3 is 9.30 Å². The van der Waals surface area contributed by atoms with Gasteiger partial charge in [0.25, 0.3) is 5.56 Å². The predicted octanol–water partition coefficient (Wildman–Crippen LogP) is 4.52. The quantitative estimate of drug-likeness (QED) is 0.292. The molecule has 7 heteroatoms. The molecule has 34 heavy (non-hydrogen) atoms. The summed E-state index contributed by atoms with van der Waals surface area (Å²) in [7, 11) is 1.72. The van der Waals surface area contributed by atoms with E-state index in [0.717, 1.165) is 55.3 Å². The van der Waals surface area contributed by atoms with Gasteiger partial charge in [0.2, 0.25) is 0 Å². The topological polar surface area (TPSA) is 89.9 Å². The van der Waals surface area contributed by atoms with Crippen LogP contribution in [0.3, 0.4) is 0 Å². The second-order valence-corrected chi connectivity index (χ2v) is 8.11. The number of H-pyrrole nitrogens is 1. The lowest BCUT2D eigenvalue weighted by Gasteiger charge is -2.18. The van der Waals surface area contributed by atoms with Crippen molar-refractivity contribution >= 4 is 11.0 Å². The summed E-state index contributed by atoms with van der Waals surface area (Å²) in [6.07, 6.45) is 4.70. The van der Waals surface area contributed by atoms with Crippen LogP contribution in [0.5, 0.6) is 0 Å². The molecule has 2 aromatic carbocycles. The molecule has 0 bridgehead atoms. The predicted molar refractivity (Wildman–Crippen MR) is 137 cm³/mol. The van der Waals surface area contributed by atoms with Crippen LogP contribution >= 0.6 is 0 Å². The Morgan fingerprint density at radius 2 is 1.74 bits per heavy atom. The number of rotatable bonds is 9. The van der Waals surface area contributed by atoms with Crippen molar-refractivity contribution in [1.29, 1.82) is 0 Å². The monoisotopic (exact) mass is 462 g/mol. The Labute approximate surface area is 200 Å². The molecule has 0 saturated carbocycles. The first-order valence-corrected chi connectivity index (χ1v) is 12.0. The largest absolute Gasteiger partial charge is 0.385 e. The van der Waals surface area contributed by atoms with Crippen molar-refractivity contribution in [3.05, 3.63) is 80.0 Å². The molecule has 0 amide bonds. The van der Waals surface area contributed by atoms with Crippen molar-refractivity contribution in [2.75, 3.05) is 13.7 Å². The fourth-order valence-corrected chi connectivity index (χ4v) is 4.13. The molecule has 0 spiro atoms. The van der Waals surface area contributed by atoms with Gasteiger partial charge in [0, 0.05) is 20.3 Å². The van der Waals surface area contributed by atoms with E-state index in [4.69, 9.17) is 4.74 Å². The van der Waals surface area contributed by atoms with E-state index < -0.39 is 11.2 Å². The molecule has 2 aromatic rings. The summed E-state index contributed by atoms with van der Waals surface area (Å²) in [6.45, 7) is 7.45. The highest BCUT2D eigenvalue weighted by molar-refractivity contribution is 5.81. The average Bonchev–Trinajstić information content (AvgIpc) is 2.84. The molecule has 0 radical (unpaired) electrons. The number of aryl methyl sites for hydroxylation is 4. The van der Waals surface area contributed by atoms with Crippen molar-refractivity contribution in [2.45, 2.75) is 59.4 Å². The highest BCUT2D eigenvalue weighted by Gasteiger charge is 2.19. The van der Waals surface area contributed by atoms with Crippen molar-refractivity contribution < 1.29 is 4.74 Å². The minimum atomic E-state index is -0.646. The number of aromatic nitrogens is 4. The summed E-state index contributed by atoms with van der Waals surface area (Å²) in [4.78, 5) is 35.4. The van der Waals surface area contributed by atoms with Gasteiger partial charge in [-0.1, -0.05) is 44.2 Å². The highest BCUT2D eigenvalue weighted by Crippen LogP contribution is 2.25. The Morgan fingerprint density at radius 1 is 0.971 bits per heavy atom. The lowest BCUT2D eigenvalue weighted by atomic mass is 10.0. The molecular weight excluding hydrogens is 428 g/mol. The van der Waals surface area contributed by atoms with E-state index in [9.17, 15) is 9.59 Å². The fourth-order valence-electron chi connectivity index (χ4n) is 4.13. The highest BCUT2D eigenvalue weighted by atomic mass is 16.5. The van der Waals surface area contributed by atoms with Crippen LogP contribution in [-0.2, 0) is 24.1 Å². The zero-order valence-corrected chi connectivity index (χ0v) is 20.6. The van der Waals surface area contributed by atoms with E-state index in [0.29, 0.717) is 12.4 Å². The first-order chi connectivity index (χ1) is 16.6. The Balaban J connectivity index is 0.00000158. The smallest absolute Gasteiger partial charge is 0.349 e. The SMILES string of the molecule is CC.COCCCCc1cc2c(cc1C)nc1c(=O)[nH]c(=O)nc-1n2CCCc1ccccc1. The summed E-state index contributed by atoms with van der Waals surface area (Å²) in [5.74, 6) is 0.341. The molecular formula is C27H34N4O3. The second-order valence-electron chi connectivity index (χ2n) is 8.11. The number of hydrogen-bond acceptors (Lipinski definition) is 5. The zero-order valence-electron chi connectivity index (χ0n) is 20.6. The molecule has 4 rings (SSSR count). The van der Waals surface area contributed by atoms with Gasteiger partial charge in [0.1, 0.15) is 0 Å². The molecule has 0 saturated heterocycles. The van der Waals surface area contributed by atoms with Gasteiger partial charge in [0.05, 0.1) is 11.0 Å². The number of benzene rings is 2. The van der Waals surface area contributed by atoms with Gasteiger partial charge in [-0.25, -0.2) is 9.78 Å². The minimum absolute atomic E-state index is 0.198. The third-order valence-electron chi connectivity index (χ3n) is 5.80. The number of ether oxygens (including phenoxy) is 1. The second kappa shape index (κ2) is 12.2. The van der Waals surface area contributed by atoms with Crippen LogP contribution in [0, 0.1) is 6.92 Å². The number of nitrogens with zero attached hydrogens (tertiary/aromatic N) is 3. The molecule has 0 aliphatic carbocycles. The third-order valence-corrected chi connectivity index (χ3v) is 5.80. The van der Waals surface area contributed by atoms with Gasteiger partial charge in [-0.15, -0.1) is 0 Å². The van der Waals surface area contributed by atoms with E-state index in [1.54, 1.807) is 7.11 Å². The maximum Gasteiger partial charge on any atom is 0.349 e. The van der Waals surface area contributed by atoms with E-state index in [1.807, 2.05) is 42.7 Å². The summed E-state index contributed by atoms with van der Waals surface area (Å²) in [5.41, 5.74) is 4.31. The fraction of sp³-hybridized carbons (Fsp3) is 0.407. The number of nitrogens with one attached hydrogen (secondary N) is 1. The summed E-state index contributed by atoms with van der Waals surface area (Å²) >= 11 is 0. The number of hydrogen-bond donors (Lipinski definition) is 1. The molecule has 0 fully saturated rings. The molecule has 0 unspecified atom stereocenters. The van der Waals surface area contributed by atoms with Crippen LogP contribution in [0.1, 0.15) is 49.8 Å². The number of unbranched alkanes of at least 4 members (excludes halogenated alkanes) is 1. The molecule has 2 aliphatic heterocycles. The van der Waals surface area contributed by atoms with E-state index in [-0.39, 0.29) is 5.69 Å². The van der Waals surface area contributed by atoms with Crippen LogP contribution in [0.15, 0.2) is 52.1 Å². The molecule has 0 atom stereocenters. The van der Waals surface area contributed by atoms with Crippen LogP contribution in [0.2, 0.25) is 0 Å². The number of fused-ring (bicyclic) bond motifs is 2. The maximum atomic E-state index is 12.5. The Kier molecular flexibility index (Phi) is 9.10. The molecule has 1 N–H and O–H groups in total. The van der Waals surface area contributed by atoms with Gasteiger partial charge in [-0.3, -0.25) is 9.78 Å². The normalized spacial score (nSPS) is 10.9. The van der Waals surface area contributed by atoms with E-state index in [2.05, 4.69) is 40.1 Å². The standard InChI is InChI=1S/C25H28N4O3.C2H6/c1-17-15-20-21(16-19(17)12-6-7-14-32-2)29(13-8-11-18-9-4-3-5-10-18)23-22(26-20)24(30)28-25(31)27-23;1-2/h3-5,9-10,15-16H,6-8,11-14H2,1-2H3,(H,28,30,31);1-2H3. The molecule has 180 valence electrons. The number of aromatic amines is 1. The van der Waals surface area contributed by atoms with Crippen molar-refractivity contribution in [3.8, 4) is 11.5 Å². The van der Waals surface area contributed by atoms with Crippen LogP contribution in [0.25, 0.3) is 22.6 Å². The van der Waals surface area contributed by atoms with Crippen LogP contribution < -0.4 is 11.2 Å². The molecule has 2 heterocycles. The van der Waals surface area contributed by atoms with Crippen molar-refractivity contribution in [3.63, 3.8) is 0 Å². The number of methoxy groups -OCH3 is 1. The van der Waals surface area contributed by atoms with Crippen LogP contribution in [0.4, 0.5) is 0 Å². The summed E-state index contributed by atoms with van der Waals surface area (Å²) < 4.78 is 7.15. The Morgan fingerprint density at radius 3 is 2.47 bits per heavy atom. The molecule has 7 nitrogen and oxygen atoms in total. The maximum absolute atomic E-state index is 12.5. The summed E-state index contributed by atoms with van der Waals surface area (Å²) in [5, 5.41) is 0. The first-order valence-electron chi connectivity index (χ1n) is 12.0. The van der Waals surface area contributed by atoms with Crippen molar-refractivity contribution in [1.82, 2.24) is 19.5 Å². The van der Waals surface area contributed by atoms with Gasteiger partial charge >= 0.3 is 5.69 Å². The zero-order chi connectivity index (χ0) is 24.5. The Hall–Kier alpha value is -3.32.